The van der Waals surface area contributed by atoms with Gasteiger partial charge in [0, 0.05) is 23.1 Å². The van der Waals surface area contributed by atoms with E-state index in [1.54, 1.807) is 11.8 Å². The van der Waals surface area contributed by atoms with Gasteiger partial charge in [0.15, 0.2) is 0 Å². The van der Waals surface area contributed by atoms with Gasteiger partial charge < -0.3 is 15.7 Å². The molecule has 1 aliphatic heterocycles. The molecule has 3 N–H and O–H groups in total. The molecule has 5 nitrogen and oxygen atoms in total. The van der Waals surface area contributed by atoms with Gasteiger partial charge in [-0.3, -0.25) is 0 Å². The van der Waals surface area contributed by atoms with Crippen LogP contribution in [-0.4, -0.2) is 35.4 Å². The zero-order chi connectivity index (χ0) is 15.2. The number of carbonyl (C=O) groups is 2. The summed E-state index contributed by atoms with van der Waals surface area (Å²) in [7, 11) is 0. The van der Waals surface area contributed by atoms with Crippen LogP contribution in [0.4, 0.5) is 4.79 Å². The molecule has 1 aromatic carbocycles. The molecule has 6 heteroatoms. The highest BCUT2D eigenvalue weighted by atomic mass is 32.2. The molecule has 0 saturated carbocycles. The lowest BCUT2D eigenvalue weighted by Gasteiger charge is -2.16. The number of aliphatic carboxylic acids is 1. The van der Waals surface area contributed by atoms with Crippen molar-refractivity contribution in [2.75, 3.05) is 12.3 Å². The van der Waals surface area contributed by atoms with Crippen LogP contribution in [0.3, 0.4) is 0 Å². The highest BCUT2D eigenvalue weighted by molar-refractivity contribution is 7.99. The average Bonchev–Trinajstić information content (AvgIpc) is 2.88. The molecule has 2 unspecified atom stereocenters. The van der Waals surface area contributed by atoms with Gasteiger partial charge in [0.05, 0.1) is 0 Å². The van der Waals surface area contributed by atoms with E-state index in [2.05, 4.69) is 22.8 Å². The molecule has 2 atom stereocenters. The Morgan fingerprint density at radius 2 is 2.19 bits per heavy atom. The number of urea groups is 1. The van der Waals surface area contributed by atoms with Crippen LogP contribution < -0.4 is 10.6 Å². The van der Waals surface area contributed by atoms with Crippen molar-refractivity contribution in [1.29, 1.82) is 0 Å². The van der Waals surface area contributed by atoms with E-state index in [1.807, 2.05) is 19.1 Å². The fraction of sp³-hybridized carbons (Fsp3) is 0.467. The fourth-order valence-corrected chi connectivity index (χ4v) is 3.62. The first-order chi connectivity index (χ1) is 10.1. The van der Waals surface area contributed by atoms with Crippen LogP contribution in [-0.2, 0) is 4.79 Å². The molecule has 1 heterocycles. The molecule has 2 rings (SSSR count). The summed E-state index contributed by atoms with van der Waals surface area (Å²) >= 11 is 1.79. The lowest BCUT2D eigenvalue weighted by Crippen LogP contribution is -2.46. The molecule has 0 saturated heterocycles. The van der Waals surface area contributed by atoms with Crippen molar-refractivity contribution in [3.63, 3.8) is 0 Å². The maximum atomic E-state index is 11.8. The number of carbonyl (C=O) groups excluding carboxylic acids is 1. The minimum atomic E-state index is -0.992. The van der Waals surface area contributed by atoms with Crippen molar-refractivity contribution in [2.45, 2.75) is 36.6 Å². The van der Waals surface area contributed by atoms with E-state index in [-0.39, 0.29) is 5.92 Å². The van der Waals surface area contributed by atoms with E-state index in [4.69, 9.17) is 5.11 Å². The first-order valence-electron chi connectivity index (χ1n) is 7.10. The van der Waals surface area contributed by atoms with Gasteiger partial charge in [0.1, 0.15) is 6.04 Å². The van der Waals surface area contributed by atoms with Gasteiger partial charge in [-0.05, 0) is 18.1 Å². The summed E-state index contributed by atoms with van der Waals surface area (Å²) in [5.74, 6) is 0.233. The Morgan fingerprint density at radius 3 is 2.90 bits per heavy atom. The van der Waals surface area contributed by atoms with Crippen LogP contribution in [0.2, 0.25) is 0 Å². The molecule has 1 aliphatic rings. The van der Waals surface area contributed by atoms with Crippen LogP contribution in [0.5, 0.6) is 0 Å². The Labute approximate surface area is 128 Å². The Kier molecular flexibility index (Phi) is 5.50. The molecule has 1 aromatic rings. The zero-order valence-corrected chi connectivity index (χ0v) is 12.8. The summed E-state index contributed by atoms with van der Waals surface area (Å²) in [6.07, 6.45) is 1.15. The topological polar surface area (TPSA) is 78.4 Å². The molecular formula is C15H20N2O3S. The van der Waals surface area contributed by atoms with Crippen LogP contribution in [0.25, 0.3) is 0 Å². The van der Waals surface area contributed by atoms with Crippen molar-refractivity contribution in [3.05, 3.63) is 29.8 Å². The van der Waals surface area contributed by atoms with Gasteiger partial charge in [-0.25, -0.2) is 9.59 Å². The van der Waals surface area contributed by atoms with Gasteiger partial charge >= 0.3 is 12.0 Å². The number of nitrogens with one attached hydrogen (secondary N) is 2. The van der Waals surface area contributed by atoms with Crippen LogP contribution in [0.1, 0.15) is 31.2 Å². The maximum Gasteiger partial charge on any atom is 0.326 e. The second-order valence-corrected chi connectivity index (χ2v) is 6.14. The average molecular weight is 308 g/mol. The summed E-state index contributed by atoms with van der Waals surface area (Å²) in [6.45, 7) is 2.41. The van der Waals surface area contributed by atoms with Gasteiger partial charge in [0.2, 0.25) is 0 Å². The quantitative estimate of drug-likeness (QED) is 0.754. The zero-order valence-electron chi connectivity index (χ0n) is 12.0. The summed E-state index contributed by atoms with van der Waals surface area (Å²) in [5.41, 5.74) is 1.26. The van der Waals surface area contributed by atoms with Crippen molar-refractivity contribution in [2.24, 2.45) is 0 Å². The minimum absolute atomic E-state index is 0.284. The summed E-state index contributed by atoms with van der Waals surface area (Å²) in [4.78, 5) is 24.1. The van der Waals surface area contributed by atoms with Crippen molar-refractivity contribution < 1.29 is 14.7 Å². The van der Waals surface area contributed by atoms with Gasteiger partial charge in [-0.2, -0.15) is 0 Å². The first-order valence-corrected chi connectivity index (χ1v) is 8.09. The van der Waals surface area contributed by atoms with Crippen LogP contribution in [0.15, 0.2) is 29.2 Å². The third-order valence-corrected chi connectivity index (χ3v) is 4.74. The Bertz CT molecular complexity index is 521. The number of carboxylic acid groups (broad SMARTS) is 1. The third-order valence-electron chi connectivity index (χ3n) is 3.49. The normalized spacial score (nSPS) is 17.9. The van der Waals surface area contributed by atoms with Crippen molar-refractivity contribution in [1.82, 2.24) is 10.6 Å². The number of hydrogen-bond donors (Lipinski definition) is 3. The second kappa shape index (κ2) is 7.36. The minimum Gasteiger partial charge on any atom is -0.480 e. The monoisotopic (exact) mass is 308 g/mol. The molecule has 0 spiro atoms. The summed E-state index contributed by atoms with van der Waals surface area (Å²) < 4.78 is 0. The maximum absolute atomic E-state index is 11.8. The van der Waals surface area contributed by atoms with E-state index in [1.165, 1.54) is 10.5 Å². The van der Waals surface area contributed by atoms with E-state index in [0.29, 0.717) is 19.4 Å². The molecule has 0 radical (unpaired) electrons. The van der Waals surface area contributed by atoms with Crippen LogP contribution >= 0.6 is 11.8 Å². The highest BCUT2D eigenvalue weighted by Gasteiger charge is 2.24. The highest BCUT2D eigenvalue weighted by Crippen LogP contribution is 2.38. The Balaban J connectivity index is 1.83. The summed E-state index contributed by atoms with van der Waals surface area (Å²) in [6, 6.07) is 6.94. The number of rotatable bonds is 6. The largest absolute Gasteiger partial charge is 0.480 e. The molecule has 0 bridgehead atoms. The molecule has 0 fully saturated rings. The summed E-state index contributed by atoms with van der Waals surface area (Å²) in [5, 5.41) is 14.3. The van der Waals surface area contributed by atoms with E-state index < -0.39 is 18.0 Å². The van der Waals surface area contributed by atoms with Crippen LogP contribution in [0, 0.1) is 0 Å². The molecular weight excluding hydrogens is 288 g/mol. The van der Waals surface area contributed by atoms with Gasteiger partial charge in [-0.15, -0.1) is 11.8 Å². The first kappa shape index (κ1) is 15.7. The van der Waals surface area contributed by atoms with E-state index in [9.17, 15) is 9.59 Å². The van der Waals surface area contributed by atoms with E-state index in [0.717, 1.165) is 5.75 Å². The lowest BCUT2D eigenvalue weighted by molar-refractivity contribution is -0.139. The fourth-order valence-electron chi connectivity index (χ4n) is 2.37. The van der Waals surface area contributed by atoms with E-state index >= 15 is 0 Å². The molecule has 0 aromatic heterocycles. The number of benzene rings is 1. The second-order valence-electron chi connectivity index (χ2n) is 5.08. The molecule has 21 heavy (non-hydrogen) atoms. The molecule has 114 valence electrons. The lowest BCUT2D eigenvalue weighted by atomic mass is 10.0. The van der Waals surface area contributed by atoms with Crippen molar-refractivity contribution >= 4 is 23.8 Å². The Morgan fingerprint density at radius 1 is 1.43 bits per heavy atom. The molecule has 2 amide bonds. The number of amides is 2. The van der Waals surface area contributed by atoms with Gasteiger partial charge in [-0.1, -0.05) is 31.5 Å². The third kappa shape index (κ3) is 4.14. The SMILES string of the molecule is CCCC(NC(=O)NCC1CSc2ccccc21)C(=O)O. The number of hydrogen-bond acceptors (Lipinski definition) is 3. The van der Waals surface area contributed by atoms with Gasteiger partial charge in [0.25, 0.3) is 0 Å². The standard InChI is InChI=1S/C15H20N2O3S/c1-2-5-12(14(18)19)17-15(20)16-8-10-9-21-13-7-4-3-6-11(10)13/h3-4,6-7,10,12H,2,5,8-9H2,1H3,(H,18,19)(H2,16,17,20). The predicted octanol–water partition coefficient (Wildman–Crippen LogP) is 2.43. The number of thioether (sulfide) groups is 1. The smallest absolute Gasteiger partial charge is 0.326 e. The number of carboxylic acids is 1. The Hall–Kier alpha value is -1.69. The van der Waals surface area contributed by atoms with Crippen molar-refractivity contribution in [3.8, 4) is 0 Å². The predicted molar refractivity (Wildman–Crippen MR) is 82.8 cm³/mol. The molecule has 0 aliphatic carbocycles. The number of fused-ring (bicyclic) bond motifs is 1.